The van der Waals surface area contributed by atoms with Gasteiger partial charge in [-0.15, -0.1) is 0 Å². The number of hydrogen-bond acceptors (Lipinski definition) is 1. The molecule has 0 atom stereocenters. The maximum atomic E-state index is 13.0. The molecule has 1 aromatic carbocycles. The summed E-state index contributed by atoms with van der Waals surface area (Å²) in [6.45, 7) is 7.40. The highest BCUT2D eigenvalue weighted by Crippen LogP contribution is 2.14. The summed E-state index contributed by atoms with van der Waals surface area (Å²) in [5.74, 6) is -0.272. The van der Waals surface area contributed by atoms with Crippen molar-refractivity contribution < 1.29 is 9.18 Å². The predicted octanol–water partition coefficient (Wildman–Crippen LogP) is 3.67. The van der Waals surface area contributed by atoms with Gasteiger partial charge in [-0.1, -0.05) is 19.1 Å². The second kappa shape index (κ2) is 4.87. The van der Waals surface area contributed by atoms with Crippen LogP contribution >= 0.6 is 0 Å². The van der Waals surface area contributed by atoms with E-state index in [9.17, 15) is 9.18 Å². The Balaban J connectivity index is 2.83. The molecule has 0 unspecified atom stereocenters. The van der Waals surface area contributed by atoms with Gasteiger partial charge in [0.1, 0.15) is 5.82 Å². The van der Waals surface area contributed by atoms with Crippen LogP contribution in [-0.2, 0) is 0 Å². The molecule has 2 heteroatoms. The molecule has 0 saturated heterocycles. The van der Waals surface area contributed by atoms with E-state index >= 15 is 0 Å². The molecule has 0 aromatic heterocycles. The van der Waals surface area contributed by atoms with Crippen molar-refractivity contribution >= 4 is 5.78 Å². The lowest BCUT2D eigenvalue weighted by molar-refractivity contribution is 0.0992. The summed E-state index contributed by atoms with van der Waals surface area (Å²) in [4.78, 5) is 11.7. The fourth-order valence-corrected chi connectivity index (χ4v) is 1.27. The first-order valence-electron chi connectivity index (χ1n) is 5.00. The lowest BCUT2D eigenvalue weighted by Gasteiger charge is -2.04. The Bertz CT molecular complexity index is 394. The Morgan fingerprint density at radius 1 is 1.47 bits per heavy atom. The van der Waals surface area contributed by atoms with Gasteiger partial charge in [-0.3, -0.25) is 4.79 Å². The molecule has 0 heterocycles. The number of ketones is 1. The maximum Gasteiger partial charge on any atom is 0.166 e. The van der Waals surface area contributed by atoms with E-state index in [1.807, 2.05) is 6.92 Å². The quantitative estimate of drug-likeness (QED) is 0.542. The van der Waals surface area contributed by atoms with Gasteiger partial charge in [-0.2, -0.15) is 0 Å². The molecule has 1 rings (SSSR count). The van der Waals surface area contributed by atoms with Gasteiger partial charge < -0.3 is 0 Å². The van der Waals surface area contributed by atoms with Crippen LogP contribution in [0.1, 0.15) is 35.7 Å². The Kier molecular flexibility index (Phi) is 3.78. The van der Waals surface area contributed by atoms with Crippen LogP contribution in [0.25, 0.3) is 0 Å². The van der Waals surface area contributed by atoms with E-state index < -0.39 is 0 Å². The molecule has 1 nitrogen and oxygen atoms in total. The van der Waals surface area contributed by atoms with Crippen molar-refractivity contribution in [2.75, 3.05) is 0 Å². The highest BCUT2D eigenvalue weighted by Gasteiger charge is 2.08. The third kappa shape index (κ3) is 3.01. The van der Waals surface area contributed by atoms with Crippen molar-refractivity contribution in [2.45, 2.75) is 26.7 Å². The summed E-state index contributed by atoms with van der Waals surface area (Å²) in [6.07, 6.45) is 1.15. The molecule has 0 amide bonds. The molecular formula is C13H15FO. The predicted molar refractivity (Wildman–Crippen MR) is 59.5 cm³/mol. The number of allylic oxidation sites excluding steroid dienone is 1. The van der Waals surface area contributed by atoms with Gasteiger partial charge in [0, 0.05) is 12.0 Å². The number of benzene rings is 1. The Morgan fingerprint density at radius 3 is 2.67 bits per heavy atom. The number of halogens is 1. The zero-order valence-corrected chi connectivity index (χ0v) is 9.14. The zero-order chi connectivity index (χ0) is 11.4. The van der Waals surface area contributed by atoms with Gasteiger partial charge in [0.2, 0.25) is 0 Å². The first kappa shape index (κ1) is 11.6. The van der Waals surface area contributed by atoms with E-state index in [2.05, 4.69) is 6.58 Å². The molecule has 0 spiro atoms. The summed E-state index contributed by atoms with van der Waals surface area (Å²) in [5, 5.41) is 0. The van der Waals surface area contributed by atoms with Crippen LogP contribution in [0.15, 0.2) is 30.4 Å². The van der Waals surface area contributed by atoms with E-state index in [4.69, 9.17) is 0 Å². The van der Waals surface area contributed by atoms with Gasteiger partial charge >= 0.3 is 0 Å². The number of rotatable bonds is 4. The van der Waals surface area contributed by atoms with Crippen molar-refractivity contribution in [3.63, 3.8) is 0 Å². The maximum absolute atomic E-state index is 13.0. The van der Waals surface area contributed by atoms with Crippen LogP contribution in [0, 0.1) is 12.7 Å². The van der Waals surface area contributed by atoms with Crippen molar-refractivity contribution in [2.24, 2.45) is 0 Å². The molecule has 0 aliphatic rings. The fourth-order valence-electron chi connectivity index (χ4n) is 1.27. The van der Waals surface area contributed by atoms with Gasteiger partial charge in [-0.05, 0) is 37.1 Å². The molecule has 0 N–H and O–H groups in total. The molecule has 15 heavy (non-hydrogen) atoms. The molecule has 1 aromatic rings. The summed E-state index contributed by atoms with van der Waals surface area (Å²) in [7, 11) is 0. The lowest BCUT2D eigenvalue weighted by atomic mass is 10.0. The molecule has 80 valence electrons. The minimum Gasteiger partial charge on any atom is -0.294 e. The van der Waals surface area contributed by atoms with Gasteiger partial charge in [0.25, 0.3) is 0 Å². The second-order valence-corrected chi connectivity index (χ2v) is 3.67. The number of carbonyl (C=O) groups is 1. The zero-order valence-electron chi connectivity index (χ0n) is 9.14. The van der Waals surface area contributed by atoms with Crippen LogP contribution < -0.4 is 0 Å². The number of Topliss-reactive ketones (excluding diaryl/α,β-unsaturated/α-hetero) is 1. The van der Waals surface area contributed by atoms with Gasteiger partial charge in [0.05, 0.1) is 0 Å². The summed E-state index contributed by atoms with van der Waals surface area (Å²) >= 11 is 0. The average molecular weight is 206 g/mol. The van der Waals surface area contributed by atoms with Crippen LogP contribution in [-0.4, -0.2) is 5.78 Å². The van der Waals surface area contributed by atoms with Gasteiger partial charge in [-0.25, -0.2) is 4.39 Å². The highest BCUT2D eigenvalue weighted by atomic mass is 19.1. The Morgan fingerprint density at radius 2 is 2.13 bits per heavy atom. The smallest absolute Gasteiger partial charge is 0.166 e. The monoisotopic (exact) mass is 206 g/mol. The molecule has 0 bridgehead atoms. The minimum absolute atomic E-state index is 0.00458. The number of aryl methyl sites for hydroxylation is 1. The van der Waals surface area contributed by atoms with E-state index in [0.29, 0.717) is 17.5 Å². The van der Waals surface area contributed by atoms with Crippen LogP contribution in [0.4, 0.5) is 4.39 Å². The van der Waals surface area contributed by atoms with E-state index in [1.165, 1.54) is 12.1 Å². The lowest BCUT2D eigenvalue weighted by Crippen LogP contribution is -2.01. The first-order valence-corrected chi connectivity index (χ1v) is 5.00. The Hall–Kier alpha value is -1.44. The summed E-state index contributed by atoms with van der Waals surface area (Å²) in [5.41, 5.74) is 1.97. The molecule has 0 aliphatic carbocycles. The van der Waals surface area contributed by atoms with Crippen LogP contribution in [0.2, 0.25) is 0 Å². The summed E-state index contributed by atoms with van der Waals surface area (Å²) in [6, 6.07) is 4.44. The Labute approximate surface area is 89.6 Å². The number of carbonyl (C=O) groups excluding carboxylic acids is 1. The van der Waals surface area contributed by atoms with E-state index in [0.717, 1.165) is 12.0 Å². The van der Waals surface area contributed by atoms with Crippen molar-refractivity contribution in [3.8, 4) is 0 Å². The molecule has 0 radical (unpaired) electrons. The van der Waals surface area contributed by atoms with Crippen molar-refractivity contribution in [3.05, 3.63) is 47.3 Å². The van der Waals surface area contributed by atoms with Crippen LogP contribution in [0.5, 0.6) is 0 Å². The molecular weight excluding hydrogens is 191 g/mol. The number of hydrogen-bond donors (Lipinski definition) is 0. The summed E-state index contributed by atoms with van der Waals surface area (Å²) < 4.78 is 13.0. The molecule has 0 saturated carbocycles. The average Bonchev–Trinajstić information content (AvgIpc) is 2.21. The SMILES string of the molecule is C=C(CC)CC(=O)c1ccc(F)c(C)c1. The van der Waals surface area contributed by atoms with Crippen molar-refractivity contribution in [1.29, 1.82) is 0 Å². The first-order chi connectivity index (χ1) is 7.04. The minimum atomic E-state index is -0.277. The third-order valence-electron chi connectivity index (χ3n) is 2.39. The van der Waals surface area contributed by atoms with Gasteiger partial charge in [0.15, 0.2) is 5.78 Å². The third-order valence-corrected chi connectivity index (χ3v) is 2.39. The van der Waals surface area contributed by atoms with E-state index in [1.54, 1.807) is 13.0 Å². The van der Waals surface area contributed by atoms with E-state index in [-0.39, 0.29) is 11.6 Å². The normalized spacial score (nSPS) is 10.1. The second-order valence-electron chi connectivity index (χ2n) is 3.67. The topological polar surface area (TPSA) is 17.1 Å². The van der Waals surface area contributed by atoms with Crippen molar-refractivity contribution in [1.82, 2.24) is 0 Å². The van der Waals surface area contributed by atoms with Crippen LogP contribution in [0.3, 0.4) is 0 Å². The molecule has 0 fully saturated rings. The molecule has 0 aliphatic heterocycles. The standard InChI is InChI=1S/C13H15FO/c1-4-9(2)7-13(15)11-5-6-12(14)10(3)8-11/h5-6,8H,2,4,7H2,1,3H3. The largest absolute Gasteiger partial charge is 0.294 e. The fraction of sp³-hybridized carbons (Fsp3) is 0.308. The highest BCUT2D eigenvalue weighted by molar-refractivity contribution is 5.97.